The first-order valence-corrected chi connectivity index (χ1v) is 8.73. The Bertz CT molecular complexity index is 933. The Balaban J connectivity index is 1.43. The lowest BCUT2D eigenvalue weighted by Gasteiger charge is -2.31. The maximum atomic E-state index is 12.6. The van der Waals surface area contributed by atoms with E-state index < -0.39 is 0 Å². The van der Waals surface area contributed by atoms with Gasteiger partial charge in [0.05, 0.1) is 36.9 Å². The highest BCUT2D eigenvalue weighted by atomic mass is 35.5. The smallest absolute Gasteiger partial charge is 0.330 e. The lowest BCUT2D eigenvalue weighted by atomic mass is 10.3. The van der Waals surface area contributed by atoms with Gasteiger partial charge in [0.25, 0.3) is 0 Å². The Hall–Kier alpha value is -2.78. The summed E-state index contributed by atoms with van der Waals surface area (Å²) in [5.74, 6) is 0.744. The highest BCUT2D eigenvalue weighted by Crippen LogP contribution is 2.16. The zero-order chi connectivity index (χ0) is 17.9. The first kappa shape index (κ1) is 16.7. The Morgan fingerprint density at radius 1 is 1.04 bits per heavy atom. The number of nitrogens with one attached hydrogen (secondary N) is 1. The molecule has 0 saturated carbocycles. The fourth-order valence-electron chi connectivity index (χ4n) is 3.00. The van der Waals surface area contributed by atoms with Gasteiger partial charge in [0, 0.05) is 12.4 Å². The molecule has 9 nitrogen and oxygen atoms in total. The summed E-state index contributed by atoms with van der Waals surface area (Å²) in [5.41, 5.74) is 0.242. The molecule has 1 N–H and O–H groups in total. The Labute approximate surface area is 154 Å². The molecule has 3 heterocycles. The van der Waals surface area contributed by atoms with E-state index in [4.69, 9.17) is 11.6 Å². The number of quaternary nitrogens is 1. The molecule has 0 atom stereocenters. The van der Waals surface area contributed by atoms with Crippen LogP contribution in [0.4, 0.5) is 5.95 Å². The highest BCUT2D eigenvalue weighted by molar-refractivity contribution is 6.32. The first-order valence-electron chi connectivity index (χ1n) is 8.35. The van der Waals surface area contributed by atoms with Crippen molar-refractivity contribution in [2.24, 2.45) is 0 Å². The van der Waals surface area contributed by atoms with E-state index in [1.807, 2.05) is 6.07 Å². The maximum absolute atomic E-state index is 12.6. The number of rotatable bonds is 4. The molecule has 134 valence electrons. The van der Waals surface area contributed by atoms with Crippen LogP contribution in [0, 0.1) is 0 Å². The number of hydrogen-bond acceptors (Lipinski definition) is 6. The second kappa shape index (κ2) is 7.22. The molecule has 4 rings (SSSR count). The van der Waals surface area contributed by atoms with Crippen LogP contribution < -0.4 is 15.5 Å². The summed E-state index contributed by atoms with van der Waals surface area (Å²) in [6, 6.07) is 8.89. The molecule has 2 aromatic heterocycles. The predicted octanol–water partition coefficient (Wildman–Crippen LogP) is -0.765. The average Bonchev–Trinajstić information content (AvgIpc) is 3.04. The number of piperazine rings is 1. The molecule has 1 aliphatic heterocycles. The maximum Gasteiger partial charge on any atom is 0.373 e. The number of nitrogens with zero attached hydrogens (tertiary/aromatic N) is 7. The lowest BCUT2D eigenvalue weighted by molar-refractivity contribution is -0.924. The minimum Gasteiger partial charge on any atom is -0.330 e. The van der Waals surface area contributed by atoms with Crippen molar-refractivity contribution >= 4 is 17.5 Å². The van der Waals surface area contributed by atoms with Crippen molar-refractivity contribution in [1.82, 2.24) is 29.8 Å². The lowest BCUT2D eigenvalue weighted by Crippen LogP contribution is -3.14. The molecule has 3 aromatic rings. The summed E-state index contributed by atoms with van der Waals surface area (Å²) in [5, 5.41) is 8.43. The monoisotopic (exact) mass is 373 g/mol. The van der Waals surface area contributed by atoms with Gasteiger partial charge in [-0.05, 0) is 28.6 Å². The van der Waals surface area contributed by atoms with Crippen LogP contribution in [0.3, 0.4) is 0 Å². The van der Waals surface area contributed by atoms with Crippen molar-refractivity contribution in [3.63, 3.8) is 0 Å². The van der Waals surface area contributed by atoms with E-state index in [-0.39, 0.29) is 5.69 Å². The summed E-state index contributed by atoms with van der Waals surface area (Å²) < 4.78 is 2.61. The second-order valence-electron chi connectivity index (χ2n) is 6.07. The van der Waals surface area contributed by atoms with Gasteiger partial charge in [0.2, 0.25) is 5.95 Å². The molecular weight excluding hydrogens is 356 g/mol. The molecule has 1 fully saturated rings. The number of para-hydroxylation sites is 1. The third-order valence-electron chi connectivity index (χ3n) is 4.40. The molecule has 1 saturated heterocycles. The number of aromatic nitrogens is 6. The first-order chi connectivity index (χ1) is 12.7. The average molecular weight is 374 g/mol. The zero-order valence-electron chi connectivity index (χ0n) is 14.0. The van der Waals surface area contributed by atoms with Crippen LogP contribution in [-0.2, 0) is 6.67 Å². The quantitative estimate of drug-likeness (QED) is 0.646. The topological polar surface area (TPSA) is 86.2 Å². The van der Waals surface area contributed by atoms with Crippen molar-refractivity contribution in [2.75, 3.05) is 31.1 Å². The molecule has 0 amide bonds. The Kier molecular flexibility index (Phi) is 4.63. The summed E-state index contributed by atoms with van der Waals surface area (Å²) in [6.45, 7) is 3.85. The Morgan fingerprint density at radius 2 is 1.77 bits per heavy atom. The fraction of sp³-hybridized carbons (Fsp3) is 0.312. The normalized spacial score (nSPS) is 15.3. The number of anilines is 1. The summed E-state index contributed by atoms with van der Waals surface area (Å²) in [4.78, 5) is 24.5. The van der Waals surface area contributed by atoms with Crippen molar-refractivity contribution in [2.45, 2.75) is 6.67 Å². The summed E-state index contributed by atoms with van der Waals surface area (Å²) in [7, 11) is 0. The minimum atomic E-state index is -0.292. The van der Waals surface area contributed by atoms with Gasteiger partial charge in [0.15, 0.2) is 6.67 Å². The summed E-state index contributed by atoms with van der Waals surface area (Å²) in [6.07, 6.45) is 3.49. The molecular formula is C16H18ClN8O+. The van der Waals surface area contributed by atoms with Crippen molar-refractivity contribution in [3.8, 4) is 5.69 Å². The second-order valence-corrected chi connectivity index (χ2v) is 6.48. The molecule has 1 aliphatic rings. The molecule has 0 spiro atoms. The molecule has 0 radical (unpaired) electrons. The van der Waals surface area contributed by atoms with Gasteiger partial charge in [-0.2, -0.15) is 4.68 Å². The number of halogens is 1. The third-order valence-corrected chi connectivity index (χ3v) is 4.72. The van der Waals surface area contributed by atoms with Crippen LogP contribution in [-0.4, -0.2) is 55.9 Å². The van der Waals surface area contributed by atoms with Gasteiger partial charge in [-0.1, -0.05) is 23.7 Å². The molecule has 10 heteroatoms. The minimum absolute atomic E-state index is 0.292. The van der Waals surface area contributed by atoms with E-state index in [0.29, 0.717) is 17.4 Å². The highest BCUT2D eigenvalue weighted by Gasteiger charge is 2.23. The summed E-state index contributed by atoms with van der Waals surface area (Å²) >= 11 is 6.15. The van der Waals surface area contributed by atoms with Gasteiger partial charge >= 0.3 is 5.69 Å². The van der Waals surface area contributed by atoms with Crippen LogP contribution in [0.25, 0.3) is 5.69 Å². The standard InChI is InChI=1S/C16H17ClN8O/c17-13-4-1-2-5-14(13)25-16(26)24(20-21-25)12-22-8-10-23(11-9-22)15-18-6-3-7-19-15/h1-7H,8-12H2/p+1. The largest absolute Gasteiger partial charge is 0.373 e. The molecule has 26 heavy (non-hydrogen) atoms. The van der Waals surface area contributed by atoms with Gasteiger partial charge in [-0.3, -0.25) is 0 Å². The van der Waals surface area contributed by atoms with Crippen LogP contribution in [0.1, 0.15) is 0 Å². The van der Waals surface area contributed by atoms with Crippen LogP contribution in [0.2, 0.25) is 5.02 Å². The molecule has 0 unspecified atom stereocenters. The van der Waals surface area contributed by atoms with Crippen molar-refractivity contribution < 1.29 is 4.90 Å². The fourth-order valence-corrected chi connectivity index (χ4v) is 3.21. The van der Waals surface area contributed by atoms with Gasteiger partial charge in [-0.25, -0.2) is 14.8 Å². The van der Waals surface area contributed by atoms with E-state index in [1.54, 1.807) is 36.7 Å². The number of tetrazole rings is 1. The van der Waals surface area contributed by atoms with E-state index in [2.05, 4.69) is 25.3 Å². The van der Waals surface area contributed by atoms with Gasteiger partial charge in [-0.15, -0.1) is 4.68 Å². The SMILES string of the molecule is O=c1n(C[NH+]2CCN(c3ncccn3)CC2)nnn1-c1ccccc1Cl. The Morgan fingerprint density at radius 3 is 2.50 bits per heavy atom. The van der Waals surface area contributed by atoms with Crippen LogP contribution >= 0.6 is 11.6 Å². The van der Waals surface area contributed by atoms with Crippen molar-refractivity contribution in [3.05, 3.63) is 58.2 Å². The molecule has 0 aliphatic carbocycles. The van der Waals surface area contributed by atoms with Crippen molar-refractivity contribution in [1.29, 1.82) is 0 Å². The van der Waals surface area contributed by atoms with E-state index in [0.717, 1.165) is 32.1 Å². The molecule has 1 aromatic carbocycles. The van der Waals surface area contributed by atoms with E-state index in [1.165, 1.54) is 14.3 Å². The number of hydrogen-bond donors (Lipinski definition) is 1. The van der Waals surface area contributed by atoms with Gasteiger partial charge < -0.3 is 9.80 Å². The molecule has 0 bridgehead atoms. The third kappa shape index (κ3) is 3.31. The van der Waals surface area contributed by atoms with Crippen LogP contribution in [0.15, 0.2) is 47.5 Å². The van der Waals surface area contributed by atoms with E-state index in [9.17, 15) is 4.79 Å². The van der Waals surface area contributed by atoms with E-state index >= 15 is 0 Å². The predicted molar refractivity (Wildman–Crippen MR) is 95.6 cm³/mol. The van der Waals surface area contributed by atoms with Gasteiger partial charge in [0.1, 0.15) is 0 Å². The van der Waals surface area contributed by atoms with Crippen LogP contribution in [0.5, 0.6) is 0 Å². The zero-order valence-corrected chi connectivity index (χ0v) is 14.7. The number of benzene rings is 1.